The van der Waals surface area contributed by atoms with Gasteiger partial charge in [0.05, 0.1) is 10.9 Å². The number of aliphatic carboxylic acids is 1. The largest absolute Gasteiger partial charge is 1.00 e. The van der Waals surface area contributed by atoms with Gasteiger partial charge in [-0.1, -0.05) is 0 Å². The fourth-order valence-corrected chi connectivity index (χ4v) is 2.10. The van der Waals surface area contributed by atoms with E-state index in [4.69, 9.17) is 25.2 Å². The number of phenolic OH excluding ortho intramolecular Hbond substituents is 3. The molecule has 0 fully saturated rings. The number of Topliss-reactive ketones (excluding diaryl/α,β-unsaturated/α-hetero) is 1. The number of hydrogen-bond acceptors (Lipinski definition) is 8. The van der Waals surface area contributed by atoms with E-state index >= 15 is 0 Å². The van der Waals surface area contributed by atoms with Gasteiger partial charge in [0.2, 0.25) is 5.76 Å². The molecule has 184 valence electrons. The van der Waals surface area contributed by atoms with Crippen molar-refractivity contribution in [3.63, 3.8) is 0 Å². The minimum absolute atomic E-state index is 0. The zero-order valence-electron chi connectivity index (χ0n) is 17.7. The molecule has 1 heterocycles. The van der Waals surface area contributed by atoms with E-state index in [1.807, 2.05) is 0 Å². The quantitative estimate of drug-likeness (QED) is 0.234. The van der Waals surface area contributed by atoms with Crippen molar-refractivity contribution in [2.45, 2.75) is 19.3 Å². The Hall–Kier alpha value is -3.23. The maximum atomic E-state index is 12.3. The number of benzene rings is 2. The first-order valence-corrected chi connectivity index (χ1v) is 8.58. The summed E-state index contributed by atoms with van der Waals surface area (Å²) in [5.74, 6) is -5.11. The molecule has 8 nitrogen and oxygen atoms in total. The Balaban J connectivity index is 0.000000533. The molecular formula is C20H13F6NaO8. The molecule has 0 atom stereocenters. The Labute approximate surface area is 213 Å². The van der Waals surface area contributed by atoms with Gasteiger partial charge in [-0.3, -0.25) is 9.59 Å². The van der Waals surface area contributed by atoms with Crippen molar-refractivity contribution >= 4 is 22.7 Å². The monoisotopic (exact) mass is 518 g/mol. The molecule has 0 amide bonds. The maximum absolute atomic E-state index is 12.3. The van der Waals surface area contributed by atoms with Crippen LogP contribution in [-0.2, 0) is 11.0 Å². The first-order chi connectivity index (χ1) is 15.4. The van der Waals surface area contributed by atoms with Gasteiger partial charge in [0.25, 0.3) is 0 Å². The van der Waals surface area contributed by atoms with Crippen LogP contribution >= 0.6 is 0 Å². The van der Waals surface area contributed by atoms with Gasteiger partial charge >= 0.3 is 41.9 Å². The van der Waals surface area contributed by atoms with Gasteiger partial charge < -0.3 is 29.6 Å². The van der Waals surface area contributed by atoms with Crippen molar-refractivity contribution in [1.29, 1.82) is 0 Å². The Bertz CT molecular complexity index is 1250. The third-order valence-electron chi connectivity index (χ3n) is 3.58. The van der Waals surface area contributed by atoms with Crippen molar-refractivity contribution in [2.24, 2.45) is 0 Å². The van der Waals surface area contributed by atoms with Gasteiger partial charge in [-0.2, -0.15) is 26.3 Å². The number of alkyl halides is 6. The number of hydrogen-bond donors (Lipinski definition) is 3. The van der Waals surface area contributed by atoms with Crippen LogP contribution < -0.4 is 40.1 Å². The normalized spacial score (nSPS) is 10.7. The summed E-state index contributed by atoms with van der Waals surface area (Å²) in [5.41, 5.74) is -0.865. The number of rotatable bonds is 1. The van der Waals surface area contributed by atoms with Crippen LogP contribution in [0.5, 0.6) is 17.2 Å². The third-order valence-corrected chi connectivity index (χ3v) is 3.58. The van der Waals surface area contributed by atoms with Crippen molar-refractivity contribution in [1.82, 2.24) is 0 Å². The molecule has 0 unspecified atom stereocenters. The number of carboxylic acids is 1. The van der Waals surface area contributed by atoms with Gasteiger partial charge in [0.1, 0.15) is 28.8 Å². The fraction of sp³-hybridized carbons (Fsp3) is 0.150. The molecule has 0 saturated heterocycles. The zero-order valence-corrected chi connectivity index (χ0v) is 19.7. The Morgan fingerprint density at radius 1 is 0.886 bits per heavy atom. The van der Waals surface area contributed by atoms with Crippen LogP contribution in [0.2, 0.25) is 0 Å². The number of carbonyl (C=O) groups excluding carboxylic acids is 2. The summed E-state index contributed by atoms with van der Waals surface area (Å²) in [7, 11) is 0. The molecule has 2 aromatic carbocycles. The number of halogens is 6. The molecule has 3 rings (SSSR count). The molecule has 0 bridgehead atoms. The van der Waals surface area contributed by atoms with Crippen molar-refractivity contribution in [3.05, 3.63) is 64.0 Å². The first kappa shape index (κ1) is 31.8. The molecule has 35 heavy (non-hydrogen) atoms. The second-order valence-electron chi connectivity index (χ2n) is 6.20. The van der Waals surface area contributed by atoms with E-state index < -0.39 is 29.5 Å². The summed E-state index contributed by atoms with van der Waals surface area (Å²) in [6.45, 7) is 1.35. The van der Waals surface area contributed by atoms with Gasteiger partial charge in [-0.25, -0.2) is 0 Å². The summed E-state index contributed by atoms with van der Waals surface area (Å²) >= 11 is 0. The molecule has 0 aliphatic carbocycles. The Morgan fingerprint density at radius 3 is 1.80 bits per heavy atom. The predicted octanol–water partition coefficient (Wildman–Crippen LogP) is 0.120. The van der Waals surface area contributed by atoms with Crippen LogP contribution in [-0.4, -0.2) is 33.2 Å². The number of aromatic hydroxyl groups is 3. The minimum Gasteiger partial charge on any atom is -0.542 e. The second-order valence-corrected chi connectivity index (χ2v) is 6.20. The smallest absolute Gasteiger partial charge is 0.542 e. The van der Waals surface area contributed by atoms with Crippen LogP contribution in [0.4, 0.5) is 26.3 Å². The number of ketones is 1. The van der Waals surface area contributed by atoms with Crippen molar-refractivity contribution in [3.8, 4) is 17.2 Å². The molecule has 0 aliphatic heterocycles. The first-order valence-electron chi connectivity index (χ1n) is 8.58. The van der Waals surface area contributed by atoms with E-state index in [1.54, 1.807) is 0 Å². The number of carboxylic acid groups (broad SMARTS) is 1. The zero-order chi connectivity index (χ0) is 26.4. The van der Waals surface area contributed by atoms with Crippen LogP contribution in [0.15, 0.2) is 51.7 Å². The fourth-order valence-electron chi connectivity index (χ4n) is 2.10. The summed E-state index contributed by atoms with van der Waals surface area (Å²) in [6, 6.07) is 7.63. The van der Waals surface area contributed by atoms with Crippen molar-refractivity contribution < 1.29 is 90.3 Å². The molecule has 0 aliphatic rings. The molecule has 0 saturated carbocycles. The molecule has 0 spiro atoms. The molecule has 3 aromatic rings. The van der Waals surface area contributed by atoms with Gasteiger partial charge in [0.15, 0.2) is 11.2 Å². The van der Waals surface area contributed by atoms with E-state index in [0.717, 1.165) is 12.1 Å². The second kappa shape index (κ2) is 12.5. The van der Waals surface area contributed by atoms with Gasteiger partial charge in [0, 0.05) is 18.2 Å². The van der Waals surface area contributed by atoms with Gasteiger partial charge in [-0.15, -0.1) is 0 Å². The standard InChI is InChI=1S/C10H5F3O3.C8H8O3.C2HF3O2.Na/c11-10(12,13)9-4-7(15)6-2-1-5(14)3-8(6)16-9;1-5(9)7-3-2-6(10)4-8(7)11;3-2(4,5)1(6)7;/h1-4,14H;2-4,10-11H,1H3;(H,6,7);/q;;;+1/p-1. The van der Waals surface area contributed by atoms with Crippen molar-refractivity contribution in [2.75, 3.05) is 0 Å². The molecule has 3 N–H and O–H groups in total. The van der Waals surface area contributed by atoms with E-state index in [2.05, 4.69) is 4.42 Å². The van der Waals surface area contributed by atoms with E-state index in [-0.39, 0.29) is 69.1 Å². The maximum Gasteiger partial charge on any atom is 1.00 e. The van der Waals surface area contributed by atoms with E-state index in [9.17, 15) is 35.9 Å². The summed E-state index contributed by atoms with van der Waals surface area (Å²) in [6.07, 6.45) is -9.92. The number of fused-ring (bicyclic) bond motifs is 1. The Kier molecular flexibility index (Phi) is 11.3. The minimum atomic E-state index is -5.19. The van der Waals surface area contributed by atoms with Crippen LogP contribution in [0.25, 0.3) is 11.0 Å². The Morgan fingerprint density at radius 2 is 1.37 bits per heavy atom. The van der Waals surface area contributed by atoms with Crippen LogP contribution in [0, 0.1) is 0 Å². The van der Waals surface area contributed by atoms with Crippen LogP contribution in [0.3, 0.4) is 0 Å². The predicted molar refractivity (Wildman–Crippen MR) is 100.0 cm³/mol. The summed E-state index contributed by atoms with van der Waals surface area (Å²) in [5, 5.41) is 35.8. The molecule has 1 aromatic heterocycles. The number of phenols is 3. The average molecular weight is 518 g/mol. The SMILES string of the molecule is CC(=O)c1ccc(O)cc1O.O=C([O-])C(F)(F)F.O=c1cc(C(F)(F)F)oc2cc(O)ccc12.[Na+]. The summed E-state index contributed by atoms with van der Waals surface area (Å²) in [4.78, 5) is 30.8. The van der Waals surface area contributed by atoms with Gasteiger partial charge in [-0.05, 0) is 31.2 Å². The average Bonchev–Trinajstić information content (AvgIpc) is 2.66. The molecular weight excluding hydrogens is 505 g/mol. The molecule has 15 heteroatoms. The third kappa shape index (κ3) is 9.88. The summed E-state index contributed by atoms with van der Waals surface area (Å²) < 4.78 is 73.0. The van der Waals surface area contributed by atoms with E-state index in [0.29, 0.717) is 6.07 Å². The van der Waals surface area contributed by atoms with E-state index in [1.165, 1.54) is 31.2 Å². The topological polar surface area (TPSA) is 148 Å². The number of carbonyl (C=O) groups is 2. The van der Waals surface area contributed by atoms with Crippen LogP contribution in [0.1, 0.15) is 23.0 Å². The molecule has 0 radical (unpaired) electrons.